The summed E-state index contributed by atoms with van der Waals surface area (Å²) in [6.07, 6.45) is 42.0. The summed E-state index contributed by atoms with van der Waals surface area (Å²) < 4.78 is 54.1. The standard InChI is InChI=1S/C50H82O12S/c1-3-5-7-9-11-13-15-17-18-19-20-21-22-23-24-25-27-28-30-32-34-36-38-45(51)59-40-43(41-60-50-49(55)48(54)47(53)44(62-50)42-63(56,57)58)61-46(52)39-37-35-33-31-29-26-16-14-12-10-8-6-4-2/h5-8,10-14,16-18,20-21,43-44,47-50,53-55H,3-4,9,15,19,22-42H2,1-2H3,(H,56,57,58)/b7-5+,8-6+,12-10+,13-11+,16-14+,18-17+,21-20+/t43?,44-,47-,48?,49?,50+/m1/s1. The summed E-state index contributed by atoms with van der Waals surface area (Å²) in [6, 6.07) is 0. The minimum atomic E-state index is -4.61. The minimum absolute atomic E-state index is 0.135. The van der Waals surface area contributed by atoms with E-state index in [-0.39, 0.29) is 19.4 Å². The zero-order valence-electron chi connectivity index (χ0n) is 38.4. The van der Waals surface area contributed by atoms with Crippen LogP contribution in [0.1, 0.15) is 162 Å². The molecular formula is C50H82O12S. The lowest BCUT2D eigenvalue weighted by Crippen LogP contribution is -2.60. The second-order valence-electron chi connectivity index (χ2n) is 16.1. The van der Waals surface area contributed by atoms with Crippen LogP contribution in [0.4, 0.5) is 0 Å². The third kappa shape index (κ3) is 33.9. The lowest BCUT2D eigenvalue weighted by atomic mass is 10.00. The Labute approximate surface area is 380 Å². The Hall–Kier alpha value is -3.17. The van der Waals surface area contributed by atoms with Gasteiger partial charge in [0, 0.05) is 12.8 Å². The van der Waals surface area contributed by atoms with Gasteiger partial charge in [-0.2, -0.15) is 8.42 Å². The second kappa shape index (κ2) is 39.2. The van der Waals surface area contributed by atoms with E-state index in [4.69, 9.17) is 18.9 Å². The molecule has 360 valence electrons. The Morgan fingerprint density at radius 3 is 1.59 bits per heavy atom. The molecule has 0 aromatic heterocycles. The van der Waals surface area contributed by atoms with Gasteiger partial charge in [0.25, 0.3) is 10.1 Å². The molecular weight excluding hydrogens is 825 g/mol. The Kier molecular flexibility index (Phi) is 36.0. The van der Waals surface area contributed by atoms with E-state index in [0.29, 0.717) is 12.8 Å². The minimum Gasteiger partial charge on any atom is -0.462 e. The predicted molar refractivity (Wildman–Crippen MR) is 251 cm³/mol. The third-order valence-corrected chi connectivity index (χ3v) is 11.0. The molecule has 0 amide bonds. The fraction of sp³-hybridized carbons (Fsp3) is 0.680. The van der Waals surface area contributed by atoms with Gasteiger partial charge in [0.1, 0.15) is 36.8 Å². The zero-order chi connectivity index (χ0) is 46.2. The highest BCUT2D eigenvalue weighted by molar-refractivity contribution is 7.85. The molecule has 63 heavy (non-hydrogen) atoms. The fourth-order valence-electron chi connectivity index (χ4n) is 6.67. The molecule has 0 aliphatic carbocycles. The molecule has 0 bridgehead atoms. The highest BCUT2D eigenvalue weighted by Gasteiger charge is 2.46. The van der Waals surface area contributed by atoms with Gasteiger partial charge in [-0.25, -0.2) is 0 Å². The van der Waals surface area contributed by atoms with Gasteiger partial charge < -0.3 is 34.3 Å². The Balaban J connectivity index is 2.39. The number of hydrogen-bond acceptors (Lipinski definition) is 11. The molecule has 13 heteroatoms. The number of aliphatic hydroxyl groups excluding tert-OH is 3. The molecule has 1 heterocycles. The normalized spacial score (nSPS) is 20.5. The molecule has 3 unspecified atom stereocenters. The van der Waals surface area contributed by atoms with Crippen molar-refractivity contribution in [1.82, 2.24) is 0 Å². The summed E-state index contributed by atoms with van der Waals surface area (Å²) in [5.41, 5.74) is 0. The molecule has 1 aliphatic rings. The molecule has 6 atom stereocenters. The van der Waals surface area contributed by atoms with Gasteiger partial charge in [0.15, 0.2) is 12.4 Å². The van der Waals surface area contributed by atoms with Crippen molar-refractivity contribution in [3.05, 3.63) is 85.1 Å². The Morgan fingerprint density at radius 2 is 1.03 bits per heavy atom. The molecule has 1 rings (SSSR count). The first kappa shape index (κ1) is 57.8. The van der Waals surface area contributed by atoms with Crippen LogP contribution < -0.4 is 0 Å². The summed E-state index contributed by atoms with van der Waals surface area (Å²) in [4.78, 5) is 25.4. The Morgan fingerprint density at radius 1 is 0.556 bits per heavy atom. The van der Waals surface area contributed by atoms with Crippen LogP contribution >= 0.6 is 0 Å². The van der Waals surface area contributed by atoms with Crippen molar-refractivity contribution < 1.29 is 56.8 Å². The molecule has 0 saturated carbocycles. The lowest BCUT2D eigenvalue weighted by Gasteiger charge is -2.40. The van der Waals surface area contributed by atoms with Crippen LogP contribution in [0, 0.1) is 0 Å². The van der Waals surface area contributed by atoms with Crippen LogP contribution in [0.3, 0.4) is 0 Å². The molecule has 0 spiro atoms. The van der Waals surface area contributed by atoms with Gasteiger partial charge in [-0.05, 0) is 70.6 Å². The smallest absolute Gasteiger partial charge is 0.306 e. The van der Waals surface area contributed by atoms with Crippen molar-refractivity contribution in [2.75, 3.05) is 19.0 Å². The van der Waals surface area contributed by atoms with Crippen molar-refractivity contribution in [3.8, 4) is 0 Å². The number of rotatable bonds is 38. The van der Waals surface area contributed by atoms with Crippen LogP contribution in [0.2, 0.25) is 0 Å². The summed E-state index contributed by atoms with van der Waals surface area (Å²) >= 11 is 0. The molecule has 1 aliphatic heterocycles. The largest absolute Gasteiger partial charge is 0.462 e. The number of carbonyl (C=O) groups is 2. The van der Waals surface area contributed by atoms with E-state index in [2.05, 4.69) is 74.6 Å². The number of ether oxygens (including phenoxy) is 4. The summed E-state index contributed by atoms with van der Waals surface area (Å²) in [5.74, 6) is -2.03. The molecule has 12 nitrogen and oxygen atoms in total. The maximum absolute atomic E-state index is 12.8. The van der Waals surface area contributed by atoms with Gasteiger partial charge >= 0.3 is 11.9 Å². The van der Waals surface area contributed by atoms with Crippen molar-refractivity contribution >= 4 is 22.1 Å². The number of allylic oxidation sites excluding steroid dienone is 14. The number of aliphatic hydroxyl groups is 3. The molecule has 0 aromatic carbocycles. The van der Waals surface area contributed by atoms with Crippen molar-refractivity contribution in [3.63, 3.8) is 0 Å². The maximum atomic E-state index is 12.8. The highest BCUT2D eigenvalue weighted by atomic mass is 32.2. The molecule has 1 fully saturated rings. The second-order valence-corrected chi connectivity index (χ2v) is 17.6. The van der Waals surface area contributed by atoms with E-state index in [1.165, 1.54) is 32.1 Å². The van der Waals surface area contributed by atoms with Gasteiger partial charge in [0.05, 0.1) is 6.61 Å². The predicted octanol–water partition coefficient (Wildman–Crippen LogP) is 10.1. The first-order valence-corrected chi connectivity index (χ1v) is 25.3. The van der Waals surface area contributed by atoms with E-state index < -0.39 is 71.2 Å². The van der Waals surface area contributed by atoms with Crippen molar-refractivity contribution in [2.45, 2.75) is 198 Å². The number of unbranched alkanes of at least 4 members (excludes halogenated alkanes) is 14. The van der Waals surface area contributed by atoms with Gasteiger partial charge in [-0.1, -0.05) is 163 Å². The summed E-state index contributed by atoms with van der Waals surface area (Å²) in [7, 11) is -4.61. The molecule has 1 saturated heterocycles. The maximum Gasteiger partial charge on any atom is 0.306 e. The summed E-state index contributed by atoms with van der Waals surface area (Å²) in [5, 5.41) is 30.9. The van der Waals surface area contributed by atoms with Gasteiger partial charge in [-0.3, -0.25) is 14.1 Å². The first-order chi connectivity index (χ1) is 30.5. The quantitative estimate of drug-likeness (QED) is 0.0151. The number of hydrogen-bond donors (Lipinski definition) is 4. The highest BCUT2D eigenvalue weighted by Crippen LogP contribution is 2.24. The van der Waals surface area contributed by atoms with E-state index >= 15 is 0 Å². The Bertz CT molecular complexity index is 1480. The van der Waals surface area contributed by atoms with Crippen molar-refractivity contribution in [1.29, 1.82) is 0 Å². The van der Waals surface area contributed by atoms with E-state index in [1.807, 2.05) is 24.3 Å². The third-order valence-electron chi connectivity index (χ3n) is 10.3. The molecule has 4 N–H and O–H groups in total. The summed E-state index contributed by atoms with van der Waals surface area (Å²) in [6.45, 7) is 3.48. The average Bonchev–Trinajstić information content (AvgIpc) is 3.25. The van der Waals surface area contributed by atoms with Crippen LogP contribution in [0.15, 0.2) is 85.1 Å². The molecule has 0 radical (unpaired) electrons. The molecule has 0 aromatic rings. The topological polar surface area (TPSA) is 186 Å². The SMILES string of the molecule is CC/C=C/C=C/C=C/CCCCCCCC(=O)OC(COC(=O)CCCCCCCCCCC/C=C/C/C=C/C/C=C/C/C=C/CC)CO[C@H]1O[C@H](CS(=O)(=O)O)[C@@H](O)C(O)C1O. The first-order valence-electron chi connectivity index (χ1n) is 23.7. The monoisotopic (exact) mass is 907 g/mol. The number of esters is 2. The zero-order valence-corrected chi connectivity index (χ0v) is 39.2. The average molecular weight is 907 g/mol. The fourth-order valence-corrected chi connectivity index (χ4v) is 7.36. The number of carbonyl (C=O) groups excluding carboxylic acids is 2. The van der Waals surface area contributed by atoms with Gasteiger partial charge in [0.2, 0.25) is 0 Å². The van der Waals surface area contributed by atoms with Crippen LogP contribution in [0.25, 0.3) is 0 Å². The van der Waals surface area contributed by atoms with Crippen LogP contribution in [0.5, 0.6) is 0 Å². The van der Waals surface area contributed by atoms with E-state index in [9.17, 15) is 37.9 Å². The van der Waals surface area contributed by atoms with Crippen LogP contribution in [-0.4, -0.2) is 96.0 Å². The van der Waals surface area contributed by atoms with Crippen LogP contribution in [-0.2, 0) is 38.7 Å². The van der Waals surface area contributed by atoms with E-state index in [0.717, 1.165) is 89.9 Å². The van der Waals surface area contributed by atoms with Gasteiger partial charge in [-0.15, -0.1) is 0 Å². The lowest BCUT2D eigenvalue weighted by molar-refractivity contribution is -0.297. The van der Waals surface area contributed by atoms with Crippen molar-refractivity contribution in [2.24, 2.45) is 0 Å². The van der Waals surface area contributed by atoms with E-state index in [1.54, 1.807) is 0 Å².